The van der Waals surface area contributed by atoms with Gasteiger partial charge in [-0.05, 0) is 86.2 Å². The molecule has 0 aliphatic heterocycles. The highest BCUT2D eigenvalue weighted by molar-refractivity contribution is 7.98. The lowest BCUT2D eigenvalue weighted by molar-refractivity contribution is -0.119. The summed E-state index contributed by atoms with van der Waals surface area (Å²) in [5, 5.41) is 2.85. The second-order valence-corrected chi connectivity index (χ2v) is 10.6. The van der Waals surface area contributed by atoms with Crippen LogP contribution in [-0.2, 0) is 21.2 Å². The Morgan fingerprint density at radius 2 is 1.69 bits per heavy atom. The Morgan fingerprint density at radius 1 is 1.00 bits per heavy atom. The molecule has 0 atom stereocenters. The maximum atomic E-state index is 13.6. The third kappa shape index (κ3) is 7.18. The zero-order valence-electron chi connectivity index (χ0n) is 20.8. The molecule has 9 heteroatoms. The van der Waals surface area contributed by atoms with Crippen molar-refractivity contribution in [3.63, 3.8) is 0 Å². The molecule has 7 nitrogen and oxygen atoms in total. The molecule has 0 saturated heterocycles. The molecule has 3 rings (SSSR count). The van der Waals surface area contributed by atoms with E-state index in [9.17, 15) is 13.2 Å². The average Bonchev–Trinajstić information content (AvgIpc) is 2.90. The van der Waals surface area contributed by atoms with Gasteiger partial charge in [-0.2, -0.15) is 0 Å². The van der Waals surface area contributed by atoms with Gasteiger partial charge in [0.1, 0.15) is 18.0 Å². The van der Waals surface area contributed by atoms with E-state index in [1.807, 2.05) is 37.4 Å². The first-order valence-corrected chi connectivity index (χ1v) is 14.3. The van der Waals surface area contributed by atoms with E-state index in [-0.39, 0.29) is 17.3 Å². The van der Waals surface area contributed by atoms with Crippen LogP contribution in [0.15, 0.2) is 82.6 Å². The first kappa shape index (κ1) is 27.4. The summed E-state index contributed by atoms with van der Waals surface area (Å²) in [6, 6.07) is 21.1. The highest BCUT2D eigenvalue weighted by Gasteiger charge is 2.27. The fourth-order valence-corrected chi connectivity index (χ4v) is 5.50. The third-order valence-corrected chi connectivity index (χ3v) is 8.04. The van der Waals surface area contributed by atoms with Gasteiger partial charge in [0, 0.05) is 11.4 Å². The van der Waals surface area contributed by atoms with Crippen molar-refractivity contribution < 1.29 is 22.7 Å². The molecule has 1 N–H and O–H groups in total. The molecule has 0 saturated carbocycles. The summed E-state index contributed by atoms with van der Waals surface area (Å²) < 4.78 is 39.1. The van der Waals surface area contributed by atoms with Crippen molar-refractivity contribution >= 4 is 33.4 Å². The van der Waals surface area contributed by atoms with E-state index < -0.39 is 10.0 Å². The standard InChI is InChI=1S/C27H32N2O5S2/c1-4-34-23-13-11-22(12-14-23)29(36(31,32)25-17-15-24(35-3)16-18-25)20-27(30)28-19-7-9-21-8-5-6-10-26(21)33-2/h5-6,8,10-18H,4,7,9,19-20H2,1-3H3,(H,28,30). The summed E-state index contributed by atoms with van der Waals surface area (Å²) in [7, 11) is -2.35. The first-order chi connectivity index (χ1) is 17.4. The molecule has 36 heavy (non-hydrogen) atoms. The molecule has 1 amide bonds. The van der Waals surface area contributed by atoms with Gasteiger partial charge in [0.2, 0.25) is 5.91 Å². The number of nitrogens with one attached hydrogen (secondary N) is 1. The van der Waals surface area contributed by atoms with Crippen LogP contribution in [0.3, 0.4) is 0 Å². The van der Waals surface area contributed by atoms with Gasteiger partial charge >= 0.3 is 0 Å². The van der Waals surface area contributed by atoms with Crippen LogP contribution in [0.1, 0.15) is 18.9 Å². The van der Waals surface area contributed by atoms with Crippen LogP contribution in [0.5, 0.6) is 11.5 Å². The normalized spacial score (nSPS) is 11.1. The fraction of sp³-hybridized carbons (Fsp3) is 0.296. The molecule has 0 aliphatic rings. The maximum Gasteiger partial charge on any atom is 0.264 e. The van der Waals surface area contributed by atoms with Gasteiger partial charge in [0.05, 0.1) is 24.3 Å². The van der Waals surface area contributed by atoms with Gasteiger partial charge < -0.3 is 14.8 Å². The minimum Gasteiger partial charge on any atom is -0.496 e. The zero-order valence-corrected chi connectivity index (χ0v) is 22.4. The van der Waals surface area contributed by atoms with Crippen LogP contribution >= 0.6 is 11.8 Å². The van der Waals surface area contributed by atoms with E-state index in [0.717, 1.165) is 26.9 Å². The van der Waals surface area contributed by atoms with E-state index >= 15 is 0 Å². The number of aryl methyl sites for hydroxylation is 1. The fourth-order valence-electron chi connectivity index (χ4n) is 3.67. The molecule has 0 fully saturated rings. The Balaban J connectivity index is 1.73. The van der Waals surface area contributed by atoms with Gasteiger partial charge in [-0.3, -0.25) is 9.10 Å². The summed E-state index contributed by atoms with van der Waals surface area (Å²) in [6.45, 7) is 2.45. The second-order valence-electron chi connectivity index (χ2n) is 7.88. The number of methoxy groups -OCH3 is 1. The van der Waals surface area contributed by atoms with E-state index in [0.29, 0.717) is 31.0 Å². The van der Waals surface area contributed by atoms with Gasteiger partial charge in [0.25, 0.3) is 10.0 Å². The number of rotatable bonds is 13. The van der Waals surface area contributed by atoms with Crippen molar-refractivity contribution in [1.82, 2.24) is 5.32 Å². The number of ether oxygens (including phenoxy) is 2. The minimum atomic E-state index is -3.98. The third-order valence-electron chi connectivity index (χ3n) is 5.51. The number of anilines is 1. The van der Waals surface area contributed by atoms with E-state index in [1.54, 1.807) is 55.6 Å². The number of benzene rings is 3. The number of carbonyl (C=O) groups excluding carboxylic acids is 1. The maximum absolute atomic E-state index is 13.6. The van der Waals surface area contributed by atoms with Crippen LogP contribution in [-0.4, -0.2) is 47.4 Å². The van der Waals surface area contributed by atoms with Crippen molar-refractivity contribution in [3.8, 4) is 11.5 Å². The van der Waals surface area contributed by atoms with Crippen LogP contribution in [0.25, 0.3) is 0 Å². The molecule has 0 heterocycles. The SMILES string of the molecule is CCOc1ccc(N(CC(=O)NCCCc2ccccc2OC)S(=O)(=O)c2ccc(SC)cc2)cc1. The molecule has 0 spiro atoms. The van der Waals surface area contributed by atoms with Gasteiger partial charge in [-0.1, -0.05) is 18.2 Å². The molecule has 0 bridgehead atoms. The number of carbonyl (C=O) groups is 1. The van der Waals surface area contributed by atoms with E-state index in [2.05, 4.69) is 5.32 Å². The van der Waals surface area contributed by atoms with Crippen molar-refractivity contribution in [2.24, 2.45) is 0 Å². The van der Waals surface area contributed by atoms with Crippen molar-refractivity contribution in [1.29, 1.82) is 0 Å². The number of hydrogen-bond donors (Lipinski definition) is 1. The molecule has 3 aromatic carbocycles. The molecule has 3 aromatic rings. The quantitative estimate of drug-likeness (QED) is 0.254. The second kappa shape index (κ2) is 13.2. The summed E-state index contributed by atoms with van der Waals surface area (Å²) in [5.41, 5.74) is 1.44. The summed E-state index contributed by atoms with van der Waals surface area (Å²) in [6.07, 6.45) is 3.35. The Kier molecular flexibility index (Phi) is 10.1. The summed E-state index contributed by atoms with van der Waals surface area (Å²) in [5.74, 6) is 1.06. The van der Waals surface area contributed by atoms with E-state index in [4.69, 9.17) is 9.47 Å². The molecule has 0 aromatic heterocycles. The Hall–Kier alpha value is -3.17. The number of amides is 1. The lowest BCUT2D eigenvalue weighted by Crippen LogP contribution is -2.41. The van der Waals surface area contributed by atoms with Crippen LogP contribution in [0, 0.1) is 0 Å². The lowest BCUT2D eigenvalue weighted by atomic mass is 10.1. The van der Waals surface area contributed by atoms with E-state index in [1.165, 1.54) is 11.8 Å². The van der Waals surface area contributed by atoms with Crippen molar-refractivity contribution in [2.75, 3.05) is 37.4 Å². The molecule has 0 aliphatic carbocycles. The lowest BCUT2D eigenvalue weighted by Gasteiger charge is -2.24. The molecular formula is C27H32N2O5S2. The number of nitrogens with zero attached hydrogens (tertiary/aromatic N) is 1. The zero-order chi connectivity index (χ0) is 26.0. The van der Waals surface area contributed by atoms with Crippen LogP contribution in [0.2, 0.25) is 0 Å². The Bertz CT molecular complexity index is 1230. The van der Waals surface area contributed by atoms with Crippen molar-refractivity contribution in [3.05, 3.63) is 78.4 Å². The predicted molar refractivity (Wildman–Crippen MR) is 145 cm³/mol. The smallest absolute Gasteiger partial charge is 0.264 e. The molecular weight excluding hydrogens is 496 g/mol. The average molecular weight is 529 g/mol. The van der Waals surface area contributed by atoms with Gasteiger partial charge in [-0.25, -0.2) is 8.42 Å². The molecule has 0 radical (unpaired) electrons. The Labute approximate surface area is 217 Å². The summed E-state index contributed by atoms with van der Waals surface area (Å²) >= 11 is 1.53. The van der Waals surface area contributed by atoms with Crippen molar-refractivity contribution in [2.45, 2.75) is 29.6 Å². The largest absolute Gasteiger partial charge is 0.496 e. The van der Waals surface area contributed by atoms with Gasteiger partial charge in [-0.15, -0.1) is 11.8 Å². The van der Waals surface area contributed by atoms with Gasteiger partial charge in [0.15, 0.2) is 0 Å². The van der Waals surface area contributed by atoms with Crippen LogP contribution < -0.4 is 19.1 Å². The summed E-state index contributed by atoms with van der Waals surface area (Å²) in [4.78, 5) is 13.9. The monoisotopic (exact) mass is 528 g/mol. The Morgan fingerprint density at radius 3 is 2.33 bits per heavy atom. The topological polar surface area (TPSA) is 84.9 Å². The number of hydrogen-bond acceptors (Lipinski definition) is 6. The number of para-hydroxylation sites is 1. The molecule has 0 unspecified atom stereocenters. The number of sulfonamides is 1. The minimum absolute atomic E-state index is 0.123. The first-order valence-electron chi connectivity index (χ1n) is 11.7. The van der Waals surface area contributed by atoms with Crippen LogP contribution in [0.4, 0.5) is 5.69 Å². The number of thioether (sulfide) groups is 1. The molecule has 192 valence electrons. The highest BCUT2D eigenvalue weighted by Crippen LogP contribution is 2.27. The highest BCUT2D eigenvalue weighted by atomic mass is 32.2. The predicted octanol–water partition coefficient (Wildman–Crippen LogP) is 4.76.